The van der Waals surface area contributed by atoms with Crippen LogP contribution in [0.2, 0.25) is 0 Å². The van der Waals surface area contributed by atoms with E-state index in [0.29, 0.717) is 41.9 Å². The molecule has 0 atom stereocenters. The third kappa shape index (κ3) is 4.43. The highest BCUT2D eigenvalue weighted by atomic mass is 16.5. The normalized spacial score (nSPS) is 10.6. The van der Waals surface area contributed by atoms with Gasteiger partial charge in [0.15, 0.2) is 0 Å². The minimum Gasteiger partial charge on any atom is -0.497 e. The van der Waals surface area contributed by atoms with Crippen LogP contribution in [0.15, 0.2) is 47.0 Å². The minimum absolute atomic E-state index is 0.462. The van der Waals surface area contributed by atoms with Crippen LogP contribution >= 0.6 is 0 Å². The first kappa shape index (κ1) is 18.4. The van der Waals surface area contributed by atoms with Crippen LogP contribution in [-0.4, -0.2) is 36.3 Å². The van der Waals surface area contributed by atoms with Gasteiger partial charge in [-0.3, -0.25) is 4.90 Å². The summed E-state index contributed by atoms with van der Waals surface area (Å²) in [6, 6.07) is 15.1. The van der Waals surface area contributed by atoms with Crippen molar-refractivity contribution in [3.8, 4) is 29.0 Å². The average molecular weight is 364 g/mol. The summed E-state index contributed by atoms with van der Waals surface area (Å²) < 4.78 is 16.0. The average Bonchev–Trinajstić information content (AvgIpc) is 3.15. The van der Waals surface area contributed by atoms with Crippen molar-refractivity contribution in [3.05, 3.63) is 59.5 Å². The largest absolute Gasteiger partial charge is 0.497 e. The van der Waals surface area contributed by atoms with E-state index in [1.54, 1.807) is 26.4 Å². The van der Waals surface area contributed by atoms with E-state index < -0.39 is 0 Å². The molecule has 0 saturated heterocycles. The van der Waals surface area contributed by atoms with Crippen molar-refractivity contribution in [3.63, 3.8) is 0 Å². The molecule has 3 rings (SSSR count). The molecule has 0 spiro atoms. The van der Waals surface area contributed by atoms with Crippen molar-refractivity contribution in [1.29, 1.82) is 5.26 Å². The molecule has 0 amide bonds. The summed E-state index contributed by atoms with van der Waals surface area (Å²) in [6.07, 6.45) is 0. The molecule has 1 heterocycles. The Morgan fingerprint density at radius 1 is 1.11 bits per heavy atom. The maximum atomic E-state index is 9.00. The monoisotopic (exact) mass is 364 g/mol. The van der Waals surface area contributed by atoms with Crippen molar-refractivity contribution >= 4 is 0 Å². The first-order chi connectivity index (χ1) is 13.1. The molecule has 0 aliphatic carbocycles. The Labute approximate surface area is 157 Å². The standard InChI is InChI=1S/C20H20N4O3/c1-24(12-15-6-4-5-14(9-15)11-21)13-19-22-20(23-27-19)17-8-7-16(25-2)10-18(17)26-3/h4-10H,12-13H2,1-3H3. The van der Waals surface area contributed by atoms with E-state index in [1.165, 1.54) is 0 Å². The Hall–Kier alpha value is -3.37. The van der Waals surface area contributed by atoms with E-state index in [9.17, 15) is 0 Å². The molecule has 0 aliphatic rings. The third-order valence-corrected chi connectivity index (χ3v) is 4.03. The van der Waals surface area contributed by atoms with Gasteiger partial charge >= 0.3 is 0 Å². The van der Waals surface area contributed by atoms with Gasteiger partial charge in [0.25, 0.3) is 0 Å². The van der Waals surface area contributed by atoms with E-state index >= 15 is 0 Å². The molecular formula is C20H20N4O3. The van der Waals surface area contributed by atoms with Crippen molar-refractivity contribution in [2.45, 2.75) is 13.1 Å². The van der Waals surface area contributed by atoms with E-state index in [2.05, 4.69) is 16.2 Å². The fraction of sp³-hybridized carbons (Fsp3) is 0.250. The molecule has 0 unspecified atom stereocenters. The Kier molecular flexibility index (Phi) is 5.69. The predicted molar refractivity (Wildman–Crippen MR) is 99.2 cm³/mol. The maximum absolute atomic E-state index is 9.00. The quantitative estimate of drug-likeness (QED) is 0.636. The topological polar surface area (TPSA) is 84.4 Å². The highest BCUT2D eigenvalue weighted by Crippen LogP contribution is 2.31. The summed E-state index contributed by atoms with van der Waals surface area (Å²) in [7, 11) is 5.14. The van der Waals surface area contributed by atoms with Gasteiger partial charge < -0.3 is 14.0 Å². The number of benzene rings is 2. The molecular weight excluding hydrogens is 344 g/mol. The van der Waals surface area contributed by atoms with Gasteiger partial charge in [-0.15, -0.1) is 0 Å². The first-order valence-corrected chi connectivity index (χ1v) is 8.35. The number of hydrogen-bond donors (Lipinski definition) is 0. The van der Waals surface area contributed by atoms with E-state index in [0.717, 1.165) is 11.1 Å². The Bertz CT molecular complexity index is 962. The molecule has 2 aromatic carbocycles. The van der Waals surface area contributed by atoms with Crippen LogP contribution in [0.5, 0.6) is 11.5 Å². The lowest BCUT2D eigenvalue weighted by atomic mass is 10.1. The molecule has 0 fully saturated rings. The lowest BCUT2D eigenvalue weighted by Crippen LogP contribution is -2.17. The van der Waals surface area contributed by atoms with E-state index in [-0.39, 0.29) is 0 Å². The Morgan fingerprint density at radius 3 is 2.70 bits per heavy atom. The highest BCUT2D eigenvalue weighted by molar-refractivity contribution is 5.65. The van der Waals surface area contributed by atoms with Crippen LogP contribution in [0.25, 0.3) is 11.4 Å². The molecule has 7 nitrogen and oxygen atoms in total. The molecule has 0 N–H and O–H groups in total. The van der Waals surface area contributed by atoms with Gasteiger partial charge in [0.2, 0.25) is 11.7 Å². The molecule has 0 radical (unpaired) electrons. The fourth-order valence-electron chi connectivity index (χ4n) is 2.75. The van der Waals surface area contributed by atoms with Gasteiger partial charge in [-0.05, 0) is 36.9 Å². The summed E-state index contributed by atoms with van der Waals surface area (Å²) in [5, 5.41) is 13.1. The smallest absolute Gasteiger partial charge is 0.241 e. The van der Waals surface area contributed by atoms with Crippen LogP contribution in [0, 0.1) is 11.3 Å². The minimum atomic E-state index is 0.462. The number of aromatic nitrogens is 2. The van der Waals surface area contributed by atoms with Crippen molar-refractivity contribution < 1.29 is 14.0 Å². The molecule has 0 bridgehead atoms. The van der Waals surface area contributed by atoms with Gasteiger partial charge in [0.05, 0.1) is 38.0 Å². The summed E-state index contributed by atoms with van der Waals surface area (Å²) in [6.45, 7) is 1.15. The molecule has 138 valence electrons. The molecule has 27 heavy (non-hydrogen) atoms. The lowest BCUT2D eigenvalue weighted by Gasteiger charge is -2.14. The van der Waals surface area contributed by atoms with Crippen molar-refractivity contribution in [2.24, 2.45) is 0 Å². The predicted octanol–water partition coefficient (Wildman–Crippen LogP) is 3.26. The summed E-state index contributed by atoms with van der Waals surface area (Å²) in [4.78, 5) is 6.51. The third-order valence-electron chi connectivity index (χ3n) is 4.03. The van der Waals surface area contributed by atoms with Gasteiger partial charge in [-0.1, -0.05) is 17.3 Å². The zero-order chi connectivity index (χ0) is 19.2. The number of ether oxygens (including phenoxy) is 2. The van der Waals surface area contributed by atoms with Gasteiger partial charge in [-0.2, -0.15) is 10.2 Å². The van der Waals surface area contributed by atoms with Crippen molar-refractivity contribution in [2.75, 3.05) is 21.3 Å². The zero-order valence-corrected chi connectivity index (χ0v) is 15.5. The number of nitriles is 1. The van der Waals surface area contributed by atoms with E-state index in [4.69, 9.17) is 19.3 Å². The number of hydrogen-bond acceptors (Lipinski definition) is 7. The second-order valence-corrected chi connectivity index (χ2v) is 6.06. The zero-order valence-electron chi connectivity index (χ0n) is 15.5. The second-order valence-electron chi connectivity index (χ2n) is 6.06. The Balaban J connectivity index is 1.71. The number of methoxy groups -OCH3 is 2. The van der Waals surface area contributed by atoms with Gasteiger partial charge in [-0.25, -0.2) is 0 Å². The van der Waals surface area contributed by atoms with Crippen LogP contribution < -0.4 is 9.47 Å². The van der Waals surface area contributed by atoms with Crippen LogP contribution in [0.1, 0.15) is 17.0 Å². The van der Waals surface area contributed by atoms with Crippen LogP contribution in [-0.2, 0) is 13.1 Å². The van der Waals surface area contributed by atoms with Gasteiger partial charge in [0.1, 0.15) is 11.5 Å². The fourth-order valence-corrected chi connectivity index (χ4v) is 2.75. The maximum Gasteiger partial charge on any atom is 0.241 e. The second kappa shape index (κ2) is 8.34. The number of rotatable bonds is 7. The van der Waals surface area contributed by atoms with Crippen LogP contribution in [0.3, 0.4) is 0 Å². The highest BCUT2D eigenvalue weighted by Gasteiger charge is 2.15. The summed E-state index contributed by atoms with van der Waals surface area (Å²) >= 11 is 0. The number of nitrogens with zero attached hydrogens (tertiary/aromatic N) is 4. The van der Waals surface area contributed by atoms with Crippen molar-refractivity contribution in [1.82, 2.24) is 15.0 Å². The molecule has 7 heteroatoms. The Morgan fingerprint density at radius 2 is 1.96 bits per heavy atom. The summed E-state index contributed by atoms with van der Waals surface area (Å²) in [5.41, 5.74) is 2.43. The molecule has 1 aromatic heterocycles. The molecule has 0 aliphatic heterocycles. The van der Waals surface area contributed by atoms with Gasteiger partial charge in [0, 0.05) is 12.6 Å². The van der Waals surface area contributed by atoms with E-state index in [1.807, 2.05) is 42.3 Å². The first-order valence-electron chi connectivity index (χ1n) is 8.35. The SMILES string of the molecule is COc1ccc(-c2noc(CN(C)Cc3cccc(C#N)c3)n2)c(OC)c1. The summed E-state index contributed by atoms with van der Waals surface area (Å²) in [5.74, 6) is 2.27. The van der Waals surface area contributed by atoms with Crippen LogP contribution in [0.4, 0.5) is 0 Å². The molecule has 3 aromatic rings. The lowest BCUT2D eigenvalue weighted by molar-refractivity contribution is 0.261. The molecule has 0 saturated carbocycles.